The van der Waals surface area contributed by atoms with Crippen LogP contribution in [0.15, 0.2) is 91.1 Å². The maximum Gasteiger partial charge on any atom is 0.411 e. The Bertz CT molecular complexity index is 2420. The number of fused-ring (bicyclic) bond motifs is 2. The number of carboxylic acid groups (broad SMARTS) is 1. The third kappa shape index (κ3) is 10.1. The van der Waals surface area contributed by atoms with Crippen molar-refractivity contribution >= 4 is 41.2 Å². The molecule has 2 amide bonds. The second-order valence-corrected chi connectivity index (χ2v) is 16.6. The lowest BCUT2D eigenvalue weighted by Gasteiger charge is -2.38. The van der Waals surface area contributed by atoms with Gasteiger partial charge in [-0.1, -0.05) is 53.5 Å². The number of aliphatic carboxylic acids is 1. The van der Waals surface area contributed by atoms with Gasteiger partial charge in [0.15, 0.2) is 17.6 Å². The average Bonchev–Trinajstić information content (AvgIpc) is 3.20. The average molecular weight is 855 g/mol. The van der Waals surface area contributed by atoms with Gasteiger partial charge in [0.05, 0.1) is 6.54 Å². The van der Waals surface area contributed by atoms with Gasteiger partial charge in [0.2, 0.25) is 5.91 Å². The Morgan fingerprint density at radius 1 is 0.950 bits per heavy atom. The Morgan fingerprint density at radius 3 is 2.45 bits per heavy atom. The molecule has 3 atom stereocenters. The van der Waals surface area contributed by atoms with Crippen molar-refractivity contribution in [1.82, 2.24) is 15.2 Å². The van der Waals surface area contributed by atoms with Crippen LogP contribution >= 0.6 is 23.2 Å². The highest BCUT2D eigenvalue weighted by Gasteiger charge is 2.39. The lowest BCUT2D eigenvalue weighted by Crippen LogP contribution is -2.56. The fourth-order valence-electron chi connectivity index (χ4n) is 6.92. The largest absolute Gasteiger partial charge is 0.489 e. The lowest BCUT2D eigenvalue weighted by atomic mass is 9.92. The fourth-order valence-corrected chi connectivity index (χ4v) is 7.38. The smallest absolute Gasteiger partial charge is 0.411 e. The number of nitrogens with zero attached hydrogens (tertiary/aromatic N) is 2. The van der Waals surface area contributed by atoms with Crippen molar-refractivity contribution in [3.05, 3.63) is 140 Å². The Morgan fingerprint density at radius 2 is 1.72 bits per heavy atom. The SMILES string of the molecule is Cc1nccc(Oc2ccc(C[C@H](NC(=O)[C@@H]3Cc4cc5c(cc4CN3C(=O)OC(C)(C)C)O[C@@H](c3cccc(OCc4ccc(Cl)cc4Cl)c3)CO5)C(=O)O)cc2)c1C. The normalized spacial score (nSPS) is 16.3. The third-order valence-corrected chi connectivity index (χ3v) is 10.8. The fraction of sp³-hybridized carbons (Fsp3) is 0.304. The number of benzene rings is 4. The van der Waals surface area contributed by atoms with Crippen molar-refractivity contribution in [2.75, 3.05) is 6.61 Å². The highest BCUT2D eigenvalue weighted by atomic mass is 35.5. The highest BCUT2D eigenvalue weighted by Crippen LogP contribution is 2.41. The minimum atomic E-state index is -1.28. The molecule has 2 N–H and O–H groups in total. The molecule has 4 aromatic carbocycles. The van der Waals surface area contributed by atoms with Crippen molar-refractivity contribution in [2.45, 2.75) is 84.4 Å². The molecule has 12 nitrogen and oxygen atoms in total. The van der Waals surface area contributed by atoms with E-state index in [-0.39, 0.29) is 32.6 Å². The summed E-state index contributed by atoms with van der Waals surface area (Å²) < 4.78 is 30.5. The third-order valence-electron chi connectivity index (χ3n) is 10.2. The van der Waals surface area contributed by atoms with Gasteiger partial charge in [-0.05, 0) is 111 Å². The molecule has 0 unspecified atom stereocenters. The summed E-state index contributed by atoms with van der Waals surface area (Å²) in [6, 6.07) is 22.8. The van der Waals surface area contributed by atoms with E-state index in [1.54, 1.807) is 69.4 Å². The molecule has 5 aromatic rings. The van der Waals surface area contributed by atoms with Crippen LogP contribution in [0, 0.1) is 13.8 Å². The van der Waals surface area contributed by atoms with Gasteiger partial charge in [-0.3, -0.25) is 14.7 Å². The van der Waals surface area contributed by atoms with E-state index in [9.17, 15) is 19.5 Å². The van der Waals surface area contributed by atoms with E-state index in [0.29, 0.717) is 44.4 Å². The molecule has 7 rings (SSSR count). The Labute approximate surface area is 358 Å². The number of aromatic nitrogens is 1. The number of amides is 2. The van der Waals surface area contributed by atoms with Crippen molar-refractivity contribution in [2.24, 2.45) is 0 Å². The van der Waals surface area contributed by atoms with E-state index in [1.807, 2.05) is 56.3 Å². The van der Waals surface area contributed by atoms with Crippen LogP contribution in [0.2, 0.25) is 10.0 Å². The quantitative estimate of drug-likeness (QED) is 0.132. The lowest BCUT2D eigenvalue weighted by molar-refractivity contribution is -0.142. The number of hydrogen-bond acceptors (Lipinski definition) is 9. The van der Waals surface area contributed by atoms with Crippen LogP contribution in [0.25, 0.3) is 0 Å². The summed E-state index contributed by atoms with van der Waals surface area (Å²) in [7, 11) is 0. The second-order valence-electron chi connectivity index (χ2n) is 15.8. The molecule has 3 heterocycles. The summed E-state index contributed by atoms with van der Waals surface area (Å²) >= 11 is 12.4. The van der Waals surface area contributed by atoms with E-state index in [0.717, 1.165) is 33.5 Å². The monoisotopic (exact) mass is 853 g/mol. The van der Waals surface area contributed by atoms with Gasteiger partial charge in [-0.15, -0.1) is 0 Å². The first-order valence-corrected chi connectivity index (χ1v) is 20.2. The van der Waals surface area contributed by atoms with E-state index in [2.05, 4.69) is 10.3 Å². The van der Waals surface area contributed by atoms with Gasteiger partial charge in [0.25, 0.3) is 0 Å². The van der Waals surface area contributed by atoms with Crippen LogP contribution in [0.3, 0.4) is 0 Å². The van der Waals surface area contributed by atoms with Crippen LogP contribution in [-0.4, -0.2) is 57.3 Å². The maximum atomic E-state index is 14.1. The number of hydrogen-bond donors (Lipinski definition) is 2. The Kier molecular flexibility index (Phi) is 12.4. The number of carbonyl (C=O) groups is 3. The first kappa shape index (κ1) is 42.2. The predicted octanol–water partition coefficient (Wildman–Crippen LogP) is 9.36. The van der Waals surface area contributed by atoms with Crippen LogP contribution < -0.4 is 24.3 Å². The molecular formula is C46H45Cl2N3O9. The number of nitrogens with one attached hydrogen (secondary N) is 1. The minimum absolute atomic E-state index is 0.00389. The van der Waals surface area contributed by atoms with Crippen LogP contribution in [0.1, 0.15) is 65.9 Å². The molecular weight excluding hydrogens is 809 g/mol. The number of rotatable bonds is 11. The van der Waals surface area contributed by atoms with E-state index < -0.39 is 41.8 Å². The van der Waals surface area contributed by atoms with Gasteiger partial charge >= 0.3 is 12.1 Å². The van der Waals surface area contributed by atoms with Gasteiger partial charge in [-0.25, -0.2) is 9.59 Å². The number of aryl methyl sites for hydroxylation is 1. The maximum absolute atomic E-state index is 14.1. The number of carboxylic acids is 1. The standard InChI is InChI=1S/C46H45Cl2N3O9/c1-26-27(2)49-16-15-39(26)58-34-13-9-28(10-14-34)17-37(44(53)54)50-43(52)38-19-31-20-40-41(21-32(31)23-51(38)45(55)60-46(3,4)5)59-42(25-57-40)29-7-6-8-35(18-29)56-24-30-11-12-33(47)22-36(30)48/h6-16,18,20-22,37-38,42H,17,19,23-25H2,1-5H3,(H,50,52)(H,53,54)/t37-,38-,42+/m0/s1. The molecule has 0 radical (unpaired) electrons. The van der Waals surface area contributed by atoms with Crippen molar-refractivity contribution in [3.8, 4) is 28.7 Å². The molecule has 60 heavy (non-hydrogen) atoms. The number of pyridine rings is 1. The summed E-state index contributed by atoms with van der Waals surface area (Å²) in [5.74, 6) is 0.982. The second kappa shape index (κ2) is 17.7. The van der Waals surface area contributed by atoms with Crippen LogP contribution in [0.4, 0.5) is 4.79 Å². The van der Waals surface area contributed by atoms with Gasteiger partial charge in [0, 0.05) is 45.9 Å². The molecule has 2 aliphatic rings. The van der Waals surface area contributed by atoms with Crippen molar-refractivity contribution in [1.29, 1.82) is 0 Å². The van der Waals surface area contributed by atoms with E-state index in [1.165, 1.54) is 4.90 Å². The molecule has 0 bridgehead atoms. The zero-order valence-corrected chi connectivity index (χ0v) is 35.3. The first-order valence-electron chi connectivity index (χ1n) is 19.4. The summed E-state index contributed by atoms with van der Waals surface area (Å²) in [5.41, 5.74) is 4.70. The van der Waals surface area contributed by atoms with Crippen molar-refractivity contribution in [3.63, 3.8) is 0 Å². The molecule has 1 aromatic heterocycles. The number of halogens is 2. The Balaban J connectivity index is 1.05. The molecule has 0 fully saturated rings. The van der Waals surface area contributed by atoms with Gasteiger partial charge < -0.3 is 34.1 Å². The van der Waals surface area contributed by atoms with Crippen molar-refractivity contribution < 1.29 is 43.2 Å². The van der Waals surface area contributed by atoms with E-state index in [4.69, 9.17) is 46.9 Å². The summed E-state index contributed by atoms with van der Waals surface area (Å²) in [6.45, 7) is 9.51. The predicted molar refractivity (Wildman–Crippen MR) is 225 cm³/mol. The molecule has 14 heteroatoms. The Hall–Kier alpha value is -5.98. The topological polar surface area (TPSA) is 146 Å². The molecule has 0 aliphatic carbocycles. The summed E-state index contributed by atoms with van der Waals surface area (Å²) in [6.07, 6.45) is 0.585. The van der Waals surface area contributed by atoms with Crippen LogP contribution in [-0.2, 0) is 40.3 Å². The highest BCUT2D eigenvalue weighted by molar-refractivity contribution is 6.35. The first-order chi connectivity index (χ1) is 28.6. The summed E-state index contributed by atoms with van der Waals surface area (Å²) in [5, 5.41) is 14.0. The molecule has 312 valence electrons. The van der Waals surface area contributed by atoms with Crippen LogP contribution in [0.5, 0.6) is 28.7 Å². The molecule has 0 saturated carbocycles. The number of carbonyl (C=O) groups excluding carboxylic acids is 2. The summed E-state index contributed by atoms with van der Waals surface area (Å²) in [4.78, 5) is 45.9. The zero-order valence-electron chi connectivity index (χ0n) is 33.8. The van der Waals surface area contributed by atoms with Gasteiger partial charge in [0.1, 0.15) is 48.1 Å². The molecule has 0 spiro atoms. The number of ether oxygens (including phenoxy) is 5. The zero-order chi connectivity index (χ0) is 42.7. The minimum Gasteiger partial charge on any atom is -0.489 e. The molecule has 0 saturated heterocycles. The van der Waals surface area contributed by atoms with Gasteiger partial charge in [-0.2, -0.15) is 0 Å². The molecule has 2 aliphatic heterocycles. The van der Waals surface area contributed by atoms with E-state index >= 15 is 0 Å².